The first kappa shape index (κ1) is 20.0. The minimum absolute atomic E-state index is 0.0349. The topological polar surface area (TPSA) is 85.3 Å². The Morgan fingerprint density at radius 3 is 2.74 bits per heavy atom. The predicted molar refractivity (Wildman–Crippen MR) is 108 cm³/mol. The van der Waals surface area contributed by atoms with Gasteiger partial charge in [-0.3, -0.25) is 4.79 Å². The number of methoxy groups -OCH3 is 2. The second-order valence-corrected chi connectivity index (χ2v) is 9.96. The Hall–Kier alpha value is -1.74. The van der Waals surface area contributed by atoms with Gasteiger partial charge in [-0.05, 0) is 18.6 Å². The van der Waals surface area contributed by atoms with Gasteiger partial charge in [0.05, 0.1) is 37.5 Å². The Bertz CT molecular complexity index is 853. The lowest BCUT2D eigenvalue weighted by molar-refractivity contribution is -0.117. The van der Waals surface area contributed by atoms with Crippen molar-refractivity contribution in [3.63, 3.8) is 0 Å². The number of aliphatic imine (C=N–C) groups is 1. The van der Waals surface area contributed by atoms with Gasteiger partial charge in [0, 0.05) is 17.7 Å². The maximum atomic E-state index is 12.3. The number of fused-ring (bicyclic) bond motifs is 1. The van der Waals surface area contributed by atoms with Gasteiger partial charge in [-0.2, -0.15) is 4.99 Å². The van der Waals surface area contributed by atoms with Crippen LogP contribution in [0.4, 0.5) is 5.69 Å². The summed E-state index contributed by atoms with van der Waals surface area (Å²) in [7, 11) is -0.000179. The molecule has 3 rings (SSSR count). The van der Waals surface area contributed by atoms with Gasteiger partial charge < -0.3 is 14.4 Å². The standard InChI is InChI=1S/C18H24N2O5S2/c1-4-5-6-17(21)19-18-20(14-10-27(22,23)11-16(14)26-18)13-9-12(24-2)7-8-15(13)25-3/h7-9,14,16H,4-6,10-11H2,1-3H3/t14-,16-/m0/s1. The zero-order chi connectivity index (χ0) is 19.6. The first-order valence-electron chi connectivity index (χ1n) is 8.88. The van der Waals surface area contributed by atoms with Crippen LogP contribution in [0.1, 0.15) is 26.2 Å². The molecular weight excluding hydrogens is 388 g/mol. The molecular formula is C18H24N2O5S2. The normalized spacial score (nSPS) is 24.9. The van der Waals surface area contributed by atoms with Gasteiger partial charge in [-0.1, -0.05) is 25.1 Å². The Morgan fingerprint density at radius 1 is 1.30 bits per heavy atom. The molecule has 148 valence electrons. The van der Waals surface area contributed by atoms with Gasteiger partial charge >= 0.3 is 0 Å². The molecule has 2 heterocycles. The van der Waals surface area contributed by atoms with Crippen LogP contribution in [0.15, 0.2) is 23.2 Å². The maximum absolute atomic E-state index is 12.3. The van der Waals surface area contributed by atoms with E-state index >= 15 is 0 Å². The smallest absolute Gasteiger partial charge is 0.248 e. The van der Waals surface area contributed by atoms with Crippen LogP contribution in [0.3, 0.4) is 0 Å². The lowest BCUT2D eigenvalue weighted by atomic mass is 10.2. The fourth-order valence-electron chi connectivity index (χ4n) is 3.32. The number of amides is 1. The zero-order valence-electron chi connectivity index (χ0n) is 15.7. The van der Waals surface area contributed by atoms with Crippen molar-refractivity contribution in [3.8, 4) is 11.5 Å². The van der Waals surface area contributed by atoms with Crippen molar-refractivity contribution >= 4 is 38.4 Å². The van der Waals surface area contributed by atoms with E-state index in [1.807, 2.05) is 11.8 Å². The van der Waals surface area contributed by atoms with Crippen LogP contribution in [-0.2, 0) is 14.6 Å². The third-order valence-corrected chi connectivity index (χ3v) is 7.89. The molecule has 1 aromatic carbocycles. The Morgan fingerprint density at radius 2 is 2.07 bits per heavy atom. The Labute approximate surface area is 164 Å². The average molecular weight is 413 g/mol. The third-order valence-electron chi connectivity index (χ3n) is 4.68. The summed E-state index contributed by atoms with van der Waals surface area (Å²) in [5, 5.41) is 0.385. The molecule has 2 aliphatic rings. The highest BCUT2D eigenvalue weighted by atomic mass is 32.2. The van der Waals surface area contributed by atoms with Gasteiger partial charge in [0.2, 0.25) is 5.91 Å². The van der Waals surface area contributed by atoms with Crippen LogP contribution in [0.2, 0.25) is 0 Å². The minimum Gasteiger partial charge on any atom is -0.497 e. The molecule has 1 amide bonds. The molecule has 2 aliphatic heterocycles. The lowest BCUT2D eigenvalue weighted by Gasteiger charge is -2.26. The number of amidine groups is 1. The Kier molecular flexibility index (Phi) is 6.00. The molecule has 9 heteroatoms. The van der Waals surface area contributed by atoms with E-state index in [1.54, 1.807) is 32.4 Å². The quantitative estimate of drug-likeness (QED) is 0.710. The molecule has 2 saturated heterocycles. The highest BCUT2D eigenvalue weighted by molar-refractivity contribution is 8.16. The monoisotopic (exact) mass is 412 g/mol. The van der Waals surface area contributed by atoms with E-state index in [-0.39, 0.29) is 28.7 Å². The maximum Gasteiger partial charge on any atom is 0.248 e. The highest BCUT2D eigenvalue weighted by Crippen LogP contribution is 2.45. The number of hydrogen-bond acceptors (Lipinski definition) is 6. The van der Waals surface area contributed by atoms with Gasteiger partial charge in [0.25, 0.3) is 0 Å². The first-order chi connectivity index (χ1) is 12.9. The molecule has 0 spiro atoms. The van der Waals surface area contributed by atoms with Gasteiger partial charge in [0.1, 0.15) is 11.5 Å². The van der Waals surface area contributed by atoms with Gasteiger partial charge in [0.15, 0.2) is 15.0 Å². The molecule has 0 radical (unpaired) electrons. The van der Waals surface area contributed by atoms with Gasteiger partial charge in [-0.25, -0.2) is 8.42 Å². The van der Waals surface area contributed by atoms with Crippen LogP contribution in [-0.4, -0.2) is 56.5 Å². The van der Waals surface area contributed by atoms with Crippen molar-refractivity contribution in [2.45, 2.75) is 37.5 Å². The predicted octanol–water partition coefficient (Wildman–Crippen LogP) is 2.50. The summed E-state index contributed by atoms with van der Waals surface area (Å²) in [4.78, 5) is 18.4. The van der Waals surface area contributed by atoms with E-state index in [2.05, 4.69) is 4.99 Å². The largest absolute Gasteiger partial charge is 0.497 e. The van der Waals surface area contributed by atoms with E-state index in [9.17, 15) is 13.2 Å². The van der Waals surface area contributed by atoms with Gasteiger partial charge in [-0.15, -0.1) is 0 Å². The SMILES string of the molecule is CCCCC(=O)N=C1S[C@H]2CS(=O)(=O)C[C@@H]2N1c1cc(OC)ccc1OC. The van der Waals surface area contributed by atoms with E-state index in [1.165, 1.54) is 11.8 Å². The average Bonchev–Trinajstić information content (AvgIpc) is 3.10. The second kappa shape index (κ2) is 8.10. The summed E-state index contributed by atoms with van der Waals surface area (Å²) >= 11 is 1.36. The molecule has 0 aromatic heterocycles. The minimum atomic E-state index is -3.12. The van der Waals surface area contributed by atoms with E-state index in [0.29, 0.717) is 28.8 Å². The summed E-state index contributed by atoms with van der Waals surface area (Å²) in [6.07, 6.45) is 2.09. The van der Waals surface area contributed by atoms with Crippen molar-refractivity contribution in [1.82, 2.24) is 0 Å². The number of rotatable bonds is 6. The number of carbonyl (C=O) groups excluding carboxylic acids is 1. The molecule has 27 heavy (non-hydrogen) atoms. The summed E-state index contributed by atoms with van der Waals surface area (Å²) < 4.78 is 35.1. The summed E-state index contributed by atoms with van der Waals surface area (Å²) in [6.45, 7) is 2.02. The van der Waals surface area contributed by atoms with Crippen molar-refractivity contribution in [2.24, 2.45) is 4.99 Å². The summed E-state index contributed by atoms with van der Waals surface area (Å²) in [6, 6.07) is 5.06. The molecule has 0 unspecified atom stereocenters. The van der Waals surface area contributed by atoms with E-state index in [0.717, 1.165) is 12.8 Å². The number of hydrogen-bond donors (Lipinski definition) is 0. The zero-order valence-corrected chi connectivity index (χ0v) is 17.3. The molecule has 7 nitrogen and oxygen atoms in total. The van der Waals surface area contributed by atoms with Crippen LogP contribution in [0.25, 0.3) is 0 Å². The fourth-order valence-corrected chi connectivity index (χ4v) is 7.25. The van der Waals surface area contributed by atoms with Crippen molar-refractivity contribution in [3.05, 3.63) is 18.2 Å². The van der Waals surface area contributed by atoms with Crippen molar-refractivity contribution in [2.75, 3.05) is 30.6 Å². The van der Waals surface area contributed by atoms with Crippen molar-refractivity contribution in [1.29, 1.82) is 0 Å². The van der Waals surface area contributed by atoms with Crippen LogP contribution in [0, 0.1) is 0 Å². The highest BCUT2D eigenvalue weighted by Gasteiger charge is 2.50. The molecule has 0 bridgehead atoms. The summed E-state index contributed by atoms with van der Waals surface area (Å²) in [5.74, 6) is 1.14. The molecule has 0 saturated carbocycles. The van der Waals surface area contributed by atoms with Crippen LogP contribution >= 0.6 is 11.8 Å². The molecule has 0 aliphatic carbocycles. The molecule has 0 N–H and O–H groups in total. The first-order valence-corrected chi connectivity index (χ1v) is 11.6. The van der Waals surface area contributed by atoms with E-state index < -0.39 is 9.84 Å². The lowest BCUT2D eigenvalue weighted by Crippen LogP contribution is -2.38. The number of carbonyl (C=O) groups is 1. The number of nitrogens with zero attached hydrogens (tertiary/aromatic N) is 2. The van der Waals surface area contributed by atoms with E-state index in [4.69, 9.17) is 9.47 Å². The number of ether oxygens (including phenoxy) is 2. The number of unbranched alkanes of at least 4 members (excludes halogenated alkanes) is 1. The fraction of sp³-hybridized carbons (Fsp3) is 0.556. The van der Waals surface area contributed by atoms with Crippen LogP contribution < -0.4 is 14.4 Å². The summed E-state index contributed by atoms with van der Waals surface area (Å²) in [5.41, 5.74) is 0.663. The third kappa shape index (κ3) is 4.24. The van der Waals surface area contributed by atoms with Crippen molar-refractivity contribution < 1.29 is 22.7 Å². The van der Waals surface area contributed by atoms with Crippen LogP contribution in [0.5, 0.6) is 11.5 Å². The number of anilines is 1. The number of sulfone groups is 1. The molecule has 2 fully saturated rings. The number of benzene rings is 1. The molecule has 2 atom stereocenters. The Balaban J connectivity index is 2.03. The number of thioether (sulfide) groups is 1. The molecule has 1 aromatic rings. The second-order valence-electron chi connectivity index (χ2n) is 6.60.